The molecule has 5 aliphatic heterocycles. The zero-order valence-electron chi connectivity index (χ0n) is 42.0. The number of amides is 4. The van der Waals surface area contributed by atoms with Crippen LogP contribution in [-0.4, -0.2) is 110 Å². The van der Waals surface area contributed by atoms with Gasteiger partial charge in [-0.1, -0.05) is 19.9 Å². The number of hydrogen-bond acceptors (Lipinski definition) is 13. The number of H-pyrrole nitrogens is 2. The predicted octanol–water partition coefficient (Wildman–Crippen LogP) is 8.77. The number of benzene rings is 2. The lowest BCUT2D eigenvalue weighted by Gasteiger charge is -2.40. The minimum Gasteiger partial charge on any atom is -0.465 e. The summed E-state index contributed by atoms with van der Waals surface area (Å²) < 4.78 is 39.7. The number of nitrogens with zero attached hydrogens (tertiary/aromatic N) is 6. The molecule has 4 fully saturated rings. The molecule has 20 heteroatoms. The van der Waals surface area contributed by atoms with Crippen LogP contribution in [0.4, 0.5) is 19.7 Å². The van der Waals surface area contributed by atoms with Gasteiger partial charge in [0.1, 0.15) is 35.3 Å². The number of rotatable bonds is 12. The van der Waals surface area contributed by atoms with Gasteiger partial charge in [-0.3, -0.25) is 9.59 Å². The number of carbonyl (C=O) groups is 4. The van der Waals surface area contributed by atoms with Gasteiger partial charge in [-0.15, -0.1) is 11.3 Å². The maximum atomic E-state index is 17.0. The lowest BCUT2D eigenvalue weighted by Crippen LogP contribution is -2.54. The molecule has 3 saturated heterocycles. The lowest BCUT2D eigenvalue weighted by molar-refractivity contribution is -0.139. The van der Waals surface area contributed by atoms with Gasteiger partial charge < -0.3 is 54.2 Å². The molecule has 3 aromatic heterocycles. The van der Waals surface area contributed by atoms with Gasteiger partial charge in [0.2, 0.25) is 18.0 Å². The van der Waals surface area contributed by atoms with Gasteiger partial charge in [0.05, 0.1) is 77.2 Å². The lowest BCUT2D eigenvalue weighted by atomic mass is 9.82. The van der Waals surface area contributed by atoms with Crippen LogP contribution < -0.4 is 20.3 Å². The van der Waals surface area contributed by atoms with Crippen molar-refractivity contribution in [1.82, 2.24) is 45.4 Å². The summed E-state index contributed by atoms with van der Waals surface area (Å²) in [5.74, 6) is 1.08. The third kappa shape index (κ3) is 9.29. The van der Waals surface area contributed by atoms with Crippen LogP contribution in [0, 0.1) is 17.7 Å². The monoisotopic (exact) mass is 1020 g/mol. The molecule has 11 rings (SSSR count). The Balaban J connectivity index is 0.863. The first-order chi connectivity index (χ1) is 35.2. The largest absolute Gasteiger partial charge is 0.465 e. The number of carbonyl (C=O) groups excluding carboxylic acids is 4. The number of fused-ring (bicyclic) bond motifs is 5. The van der Waals surface area contributed by atoms with Crippen LogP contribution in [0.3, 0.4) is 0 Å². The van der Waals surface area contributed by atoms with Crippen molar-refractivity contribution >= 4 is 41.0 Å². The van der Waals surface area contributed by atoms with Crippen molar-refractivity contribution in [2.45, 2.75) is 133 Å². The molecule has 7 atom stereocenters. The second-order valence-electron chi connectivity index (χ2n) is 21.3. The quantitative estimate of drug-likeness (QED) is 0.0925. The number of hydrogen-bond donors (Lipinski definition) is 4. The summed E-state index contributed by atoms with van der Waals surface area (Å²) in [6, 6.07) is 7.07. The Kier molecular flexibility index (Phi) is 12.9. The fourth-order valence-electron chi connectivity index (χ4n) is 11.8. The van der Waals surface area contributed by atoms with Crippen molar-refractivity contribution in [3.63, 3.8) is 0 Å². The molecule has 1 aliphatic carbocycles. The molecule has 73 heavy (non-hydrogen) atoms. The highest BCUT2D eigenvalue weighted by molar-refractivity contribution is 7.11. The van der Waals surface area contributed by atoms with Crippen LogP contribution >= 0.6 is 11.3 Å². The zero-order valence-corrected chi connectivity index (χ0v) is 42.9. The molecular formula is C53H63FN10O8S. The molecule has 4 amide bonds. The molecule has 1 saturated carbocycles. The number of likely N-dealkylation sites (tertiary alicyclic amines) is 2. The summed E-state index contributed by atoms with van der Waals surface area (Å²) >= 11 is 1.65. The number of halogens is 1. The molecule has 6 aliphatic rings. The predicted molar refractivity (Wildman–Crippen MR) is 268 cm³/mol. The summed E-state index contributed by atoms with van der Waals surface area (Å²) in [5, 5.41) is 6.64. The number of anilines is 1. The van der Waals surface area contributed by atoms with Crippen LogP contribution in [0.25, 0.3) is 22.5 Å². The summed E-state index contributed by atoms with van der Waals surface area (Å²) in [6.07, 6.45) is 10.4. The van der Waals surface area contributed by atoms with Crippen molar-refractivity contribution < 1.29 is 42.5 Å². The van der Waals surface area contributed by atoms with Crippen molar-refractivity contribution in [3.8, 4) is 28.3 Å². The van der Waals surface area contributed by atoms with Crippen molar-refractivity contribution in [2.75, 3.05) is 38.8 Å². The average molecular weight is 1020 g/mol. The van der Waals surface area contributed by atoms with Crippen molar-refractivity contribution in [3.05, 3.63) is 87.4 Å². The minimum absolute atomic E-state index is 0.125. The number of aromatic nitrogens is 5. The van der Waals surface area contributed by atoms with E-state index >= 15 is 4.39 Å². The van der Waals surface area contributed by atoms with Gasteiger partial charge in [0, 0.05) is 43.1 Å². The number of ether oxygens (including phenoxy) is 4. The first kappa shape index (κ1) is 48.7. The molecule has 0 radical (unpaired) electrons. The number of methoxy groups -OCH3 is 2. The minimum atomic E-state index is -0.770. The summed E-state index contributed by atoms with van der Waals surface area (Å²) in [6.45, 7) is 9.31. The summed E-state index contributed by atoms with van der Waals surface area (Å²) in [7, 11) is 2.57. The van der Waals surface area contributed by atoms with Crippen LogP contribution in [0.2, 0.25) is 0 Å². The molecule has 0 bridgehead atoms. The third-order valence-corrected chi connectivity index (χ3v) is 16.8. The van der Waals surface area contributed by atoms with E-state index in [2.05, 4.69) is 37.6 Å². The fourth-order valence-corrected chi connectivity index (χ4v) is 12.9. The van der Waals surface area contributed by atoms with E-state index in [0.29, 0.717) is 85.5 Å². The molecule has 386 valence electrons. The molecule has 8 heterocycles. The highest BCUT2D eigenvalue weighted by Gasteiger charge is 2.47. The van der Waals surface area contributed by atoms with Crippen LogP contribution in [0.5, 0.6) is 5.75 Å². The standard InChI is InChI=1S/C53H63FN10O8S/c1-27(2)43(60-51(67)69-5)48(65)62-16-7-9-37(62)46-56-25-35(59-46)31-20-33(54)42-39-21-32-19-29(13-14-36(32)64(39)50(72-40(42)22-31)41-26-57-47(73-41)28-11-12-28)34-24-55-45(58-34)38-10-8-17-63(38)49(66)44(61-52(68)70-6)30-15-18-71-53(3,4)23-30/h13-14,19-20,22,24-28,30,37-39,43-44,50H,7-12,15-18,21,23H2,1-6H3,(H,55,58)(H,56,59)(H,60,67)(H,61,68)/t30?,37-,38-,39?,43-,44?,50?/m0/s1. The summed E-state index contributed by atoms with van der Waals surface area (Å²) in [4.78, 5) is 81.1. The van der Waals surface area contributed by atoms with Gasteiger partial charge in [-0.25, -0.2) is 28.9 Å². The van der Waals surface area contributed by atoms with E-state index in [9.17, 15) is 19.2 Å². The highest BCUT2D eigenvalue weighted by Crippen LogP contribution is 2.55. The number of alkyl carbamates (subject to hydrolysis) is 2. The van der Waals surface area contributed by atoms with Crippen LogP contribution in [-0.2, 0) is 30.2 Å². The first-order valence-corrected chi connectivity index (χ1v) is 26.4. The number of thiazole rings is 1. The Hall–Kier alpha value is -6.54. The van der Waals surface area contributed by atoms with E-state index in [-0.39, 0.29) is 41.8 Å². The zero-order chi connectivity index (χ0) is 50.9. The van der Waals surface area contributed by atoms with Gasteiger partial charge in [-0.05, 0) is 119 Å². The second kappa shape index (κ2) is 19.4. The number of aromatic amines is 2. The van der Waals surface area contributed by atoms with Gasteiger partial charge in [0.25, 0.3) is 0 Å². The second-order valence-corrected chi connectivity index (χ2v) is 22.4. The van der Waals surface area contributed by atoms with Gasteiger partial charge in [-0.2, -0.15) is 0 Å². The van der Waals surface area contributed by atoms with E-state index in [1.807, 2.05) is 50.9 Å². The Labute approximate surface area is 427 Å². The molecule has 0 spiro atoms. The number of imidazole rings is 2. The first-order valence-electron chi connectivity index (χ1n) is 25.6. The Morgan fingerprint density at radius 2 is 1.49 bits per heavy atom. The molecule has 5 aromatic rings. The van der Waals surface area contributed by atoms with Crippen molar-refractivity contribution in [2.24, 2.45) is 11.8 Å². The Bertz CT molecular complexity index is 2930. The fraction of sp³-hybridized carbons (Fsp3) is 0.528. The maximum Gasteiger partial charge on any atom is 0.407 e. The molecule has 4 N–H and O–H groups in total. The van der Waals surface area contributed by atoms with Crippen molar-refractivity contribution in [1.29, 1.82) is 0 Å². The van der Waals surface area contributed by atoms with Gasteiger partial charge >= 0.3 is 12.2 Å². The maximum absolute atomic E-state index is 17.0. The Morgan fingerprint density at radius 1 is 0.822 bits per heavy atom. The molecular weight excluding hydrogens is 956 g/mol. The van der Waals surface area contributed by atoms with Gasteiger partial charge in [0.15, 0.2) is 0 Å². The highest BCUT2D eigenvalue weighted by atomic mass is 32.1. The molecule has 2 aromatic carbocycles. The van der Waals surface area contributed by atoms with Crippen LogP contribution in [0.15, 0.2) is 48.9 Å². The summed E-state index contributed by atoms with van der Waals surface area (Å²) in [5.41, 5.74) is 4.85. The van der Waals surface area contributed by atoms with E-state index in [4.69, 9.17) is 33.9 Å². The van der Waals surface area contributed by atoms with E-state index < -0.39 is 41.9 Å². The normalized spacial score (nSPS) is 23.8. The Morgan fingerprint density at radius 3 is 2.15 bits per heavy atom. The van der Waals surface area contributed by atoms with E-state index in [1.165, 1.54) is 20.3 Å². The molecule has 4 unspecified atom stereocenters. The van der Waals surface area contributed by atoms with E-state index in [1.54, 1.807) is 28.6 Å². The van der Waals surface area contributed by atoms with E-state index in [0.717, 1.165) is 64.5 Å². The average Bonchev–Trinajstić information content (AvgIpc) is 4.11. The SMILES string of the molecule is COC(=O)NC(C(=O)N1CCC[C@H]1c1ncc(-c2ccc3c(c2)CC2c4c(F)cc(-c5cnc([C@@H]6CCCN6C(=O)[C@@H](NC(=O)OC)C(C)C)[nH]5)cc4OC(c4cnc(C5CC5)s4)N32)[nH]1)C1CCOC(C)(C)C1. The number of nitrogens with one attached hydrogen (secondary N) is 4. The molecule has 18 nitrogen and oxygen atoms in total. The van der Waals surface area contributed by atoms with Crippen LogP contribution in [0.1, 0.15) is 142 Å². The third-order valence-electron chi connectivity index (χ3n) is 15.6. The topological polar surface area (TPSA) is 209 Å². The smallest absolute Gasteiger partial charge is 0.407 e.